The van der Waals surface area contributed by atoms with Gasteiger partial charge in [0.25, 0.3) is 0 Å². The lowest BCUT2D eigenvalue weighted by molar-refractivity contribution is 0.0693. The topological polar surface area (TPSA) is 40.5 Å². The van der Waals surface area contributed by atoms with Crippen LogP contribution in [0.15, 0.2) is 23.1 Å². The minimum absolute atomic E-state index is 0.0128. The van der Waals surface area contributed by atoms with Gasteiger partial charge in [-0.15, -0.1) is 0 Å². The van der Waals surface area contributed by atoms with Gasteiger partial charge in [-0.1, -0.05) is 6.07 Å². The van der Waals surface area contributed by atoms with Crippen LogP contribution in [-0.2, 0) is 0 Å². The number of carboxylic acid groups (broad SMARTS) is 1. The van der Waals surface area contributed by atoms with E-state index in [-0.39, 0.29) is 11.6 Å². The third-order valence-electron chi connectivity index (χ3n) is 2.92. The first-order valence-electron chi connectivity index (χ1n) is 5.66. The SMILES string of the molecule is CC1c2c(cccc2C(=O)O)SN1C(C)(C)C. The van der Waals surface area contributed by atoms with Crippen LogP contribution in [-0.4, -0.2) is 20.9 Å². The Bertz CT molecular complexity index is 465. The minimum atomic E-state index is -0.843. The van der Waals surface area contributed by atoms with Crippen molar-refractivity contribution in [3.05, 3.63) is 29.3 Å². The Labute approximate surface area is 106 Å². The Hall–Kier alpha value is -1.00. The molecular weight excluding hydrogens is 234 g/mol. The molecule has 1 aliphatic heterocycles. The highest BCUT2D eigenvalue weighted by molar-refractivity contribution is 7.97. The first kappa shape index (κ1) is 12.5. The lowest BCUT2D eigenvalue weighted by Gasteiger charge is -2.34. The molecule has 0 amide bonds. The Morgan fingerprint density at radius 3 is 2.59 bits per heavy atom. The molecule has 0 spiro atoms. The summed E-state index contributed by atoms with van der Waals surface area (Å²) in [6, 6.07) is 5.62. The average Bonchev–Trinajstić information content (AvgIpc) is 2.55. The zero-order valence-corrected chi connectivity index (χ0v) is 11.3. The van der Waals surface area contributed by atoms with Gasteiger partial charge in [-0.3, -0.25) is 0 Å². The van der Waals surface area contributed by atoms with Crippen LogP contribution in [0, 0.1) is 0 Å². The van der Waals surface area contributed by atoms with Crippen molar-refractivity contribution in [3.63, 3.8) is 0 Å². The molecule has 0 fully saturated rings. The highest BCUT2D eigenvalue weighted by atomic mass is 32.2. The number of aromatic carboxylic acids is 1. The van der Waals surface area contributed by atoms with Gasteiger partial charge in [0.05, 0.1) is 5.56 Å². The molecule has 0 aliphatic carbocycles. The smallest absolute Gasteiger partial charge is 0.336 e. The Kier molecular flexibility index (Phi) is 2.96. The monoisotopic (exact) mass is 251 g/mol. The maximum absolute atomic E-state index is 11.2. The summed E-state index contributed by atoms with van der Waals surface area (Å²) >= 11 is 1.65. The summed E-state index contributed by atoms with van der Waals surface area (Å²) in [5.41, 5.74) is 1.38. The van der Waals surface area contributed by atoms with E-state index in [1.54, 1.807) is 18.0 Å². The van der Waals surface area contributed by atoms with Crippen LogP contribution in [0.1, 0.15) is 49.7 Å². The van der Waals surface area contributed by atoms with Gasteiger partial charge in [-0.2, -0.15) is 0 Å². The van der Waals surface area contributed by atoms with Gasteiger partial charge in [0.1, 0.15) is 0 Å². The molecule has 92 valence electrons. The standard InChI is InChI=1S/C13H17NO2S/c1-8-11-9(12(15)16)6-5-7-10(11)17-14(8)13(2,3)4/h5-8H,1-4H3,(H,15,16). The largest absolute Gasteiger partial charge is 0.478 e. The summed E-state index contributed by atoms with van der Waals surface area (Å²) in [4.78, 5) is 12.3. The van der Waals surface area contributed by atoms with E-state index in [0.717, 1.165) is 10.5 Å². The van der Waals surface area contributed by atoms with Crippen LogP contribution >= 0.6 is 11.9 Å². The van der Waals surface area contributed by atoms with Gasteiger partial charge < -0.3 is 5.11 Å². The summed E-state index contributed by atoms with van der Waals surface area (Å²) in [5.74, 6) is -0.843. The number of hydrogen-bond donors (Lipinski definition) is 1. The molecule has 1 aliphatic rings. The van der Waals surface area contributed by atoms with Crippen LogP contribution in [0.2, 0.25) is 0 Å². The van der Waals surface area contributed by atoms with Crippen molar-refractivity contribution in [3.8, 4) is 0 Å². The van der Waals surface area contributed by atoms with E-state index in [9.17, 15) is 9.90 Å². The van der Waals surface area contributed by atoms with Crippen LogP contribution in [0.3, 0.4) is 0 Å². The van der Waals surface area contributed by atoms with Gasteiger partial charge in [0.2, 0.25) is 0 Å². The molecule has 0 saturated carbocycles. The number of hydrogen-bond acceptors (Lipinski definition) is 3. The van der Waals surface area contributed by atoms with Gasteiger partial charge >= 0.3 is 5.97 Å². The maximum Gasteiger partial charge on any atom is 0.336 e. The molecule has 1 atom stereocenters. The van der Waals surface area contributed by atoms with Crippen LogP contribution < -0.4 is 0 Å². The molecule has 3 nitrogen and oxygen atoms in total. The van der Waals surface area contributed by atoms with E-state index in [0.29, 0.717) is 5.56 Å². The molecule has 17 heavy (non-hydrogen) atoms. The molecule has 2 rings (SSSR count). The highest BCUT2D eigenvalue weighted by Gasteiger charge is 2.37. The predicted molar refractivity (Wildman–Crippen MR) is 69.3 cm³/mol. The summed E-state index contributed by atoms with van der Waals surface area (Å²) in [6.07, 6.45) is 0. The molecule has 1 heterocycles. The van der Waals surface area contributed by atoms with Crippen molar-refractivity contribution >= 4 is 17.9 Å². The molecule has 0 radical (unpaired) electrons. The predicted octanol–water partition coefficient (Wildman–Crippen LogP) is 3.57. The van der Waals surface area contributed by atoms with E-state index in [4.69, 9.17) is 0 Å². The Morgan fingerprint density at radius 1 is 1.41 bits per heavy atom. The number of nitrogens with zero attached hydrogens (tertiary/aromatic N) is 1. The molecular formula is C13H17NO2S. The second-order valence-corrected chi connectivity index (χ2v) is 6.30. The quantitative estimate of drug-likeness (QED) is 0.775. The number of fused-ring (bicyclic) bond motifs is 1. The minimum Gasteiger partial charge on any atom is -0.478 e. The van der Waals surface area contributed by atoms with Crippen LogP contribution in [0.4, 0.5) is 0 Å². The van der Waals surface area contributed by atoms with Crippen molar-refractivity contribution < 1.29 is 9.90 Å². The molecule has 0 bridgehead atoms. The number of carbonyl (C=O) groups is 1. The molecule has 1 N–H and O–H groups in total. The third-order valence-corrected chi connectivity index (χ3v) is 4.54. The molecule has 1 aromatic rings. The van der Waals surface area contributed by atoms with Gasteiger partial charge in [-0.25, -0.2) is 9.10 Å². The second-order valence-electron chi connectivity index (χ2n) is 5.29. The normalized spacial score (nSPS) is 20.4. The van der Waals surface area contributed by atoms with E-state index in [1.807, 2.05) is 12.1 Å². The fourth-order valence-corrected chi connectivity index (χ4v) is 3.53. The van der Waals surface area contributed by atoms with Gasteiger partial charge in [0, 0.05) is 16.5 Å². The van der Waals surface area contributed by atoms with E-state index in [2.05, 4.69) is 32.0 Å². The summed E-state index contributed by atoms with van der Waals surface area (Å²) in [7, 11) is 0. The number of carboxylic acids is 1. The summed E-state index contributed by atoms with van der Waals surface area (Å²) < 4.78 is 2.25. The first-order chi connectivity index (χ1) is 7.82. The second kappa shape index (κ2) is 4.03. The zero-order chi connectivity index (χ0) is 12.8. The van der Waals surface area contributed by atoms with Crippen molar-refractivity contribution in [2.45, 2.75) is 44.2 Å². The van der Waals surface area contributed by atoms with Crippen LogP contribution in [0.25, 0.3) is 0 Å². The highest BCUT2D eigenvalue weighted by Crippen LogP contribution is 2.49. The van der Waals surface area contributed by atoms with Crippen molar-refractivity contribution in [1.82, 2.24) is 4.31 Å². The molecule has 1 unspecified atom stereocenters. The zero-order valence-electron chi connectivity index (χ0n) is 10.5. The fourth-order valence-electron chi connectivity index (χ4n) is 2.26. The molecule has 0 aromatic heterocycles. The van der Waals surface area contributed by atoms with Gasteiger partial charge in [-0.05, 0) is 57.3 Å². The lowest BCUT2D eigenvalue weighted by Crippen LogP contribution is -2.35. The lowest BCUT2D eigenvalue weighted by atomic mass is 9.98. The van der Waals surface area contributed by atoms with E-state index in [1.165, 1.54) is 0 Å². The van der Waals surface area contributed by atoms with Crippen molar-refractivity contribution in [2.24, 2.45) is 0 Å². The third kappa shape index (κ3) is 2.07. The maximum atomic E-state index is 11.2. The van der Waals surface area contributed by atoms with E-state index >= 15 is 0 Å². The number of rotatable bonds is 1. The number of benzene rings is 1. The van der Waals surface area contributed by atoms with Crippen LogP contribution in [0.5, 0.6) is 0 Å². The molecule has 0 saturated heterocycles. The van der Waals surface area contributed by atoms with E-state index < -0.39 is 5.97 Å². The summed E-state index contributed by atoms with van der Waals surface area (Å²) in [5, 5.41) is 9.23. The molecule has 1 aromatic carbocycles. The van der Waals surface area contributed by atoms with Crippen molar-refractivity contribution in [2.75, 3.05) is 0 Å². The van der Waals surface area contributed by atoms with Gasteiger partial charge in [0.15, 0.2) is 0 Å². The Balaban J connectivity index is 2.49. The van der Waals surface area contributed by atoms with Crippen molar-refractivity contribution in [1.29, 1.82) is 0 Å². The Morgan fingerprint density at radius 2 is 2.06 bits per heavy atom. The first-order valence-corrected chi connectivity index (χ1v) is 6.43. The summed E-state index contributed by atoms with van der Waals surface area (Å²) in [6.45, 7) is 8.49. The molecule has 4 heteroatoms. The average molecular weight is 251 g/mol. The fraction of sp³-hybridized carbons (Fsp3) is 0.462.